The van der Waals surface area contributed by atoms with Gasteiger partial charge in [-0.1, -0.05) is 18.2 Å². The first-order chi connectivity index (χ1) is 9.60. The van der Waals surface area contributed by atoms with Crippen molar-refractivity contribution < 1.29 is 13.6 Å². The van der Waals surface area contributed by atoms with E-state index in [4.69, 9.17) is 5.26 Å². The average molecular weight is 272 g/mol. The van der Waals surface area contributed by atoms with Crippen LogP contribution >= 0.6 is 0 Å². The van der Waals surface area contributed by atoms with Gasteiger partial charge in [0.25, 0.3) is 5.91 Å². The molecular formula is C15H10F2N2O. The summed E-state index contributed by atoms with van der Waals surface area (Å²) in [5, 5.41) is 11.5. The third-order valence-electron chi connectivity index (χ3n) is 2.69. The van der Waals surface area contributed by atoms with Crippen molar-refractivity contribution in [2.45, 2.75) is 6.04 Å². The van der Waals surface area contributed by atoms with Gasteiger partial charge in [0.1, 0.15) is 17.7 Å². The zero-order valence-electron chi connectivity index (χ0n) is 10.3. The lowest BCUT2D eigenvalue weighted by molar-refractivity contribution is 0.0944. The van der Waals surface area contributed by atoms with Crippen LogP contribution in [0.15, 0.2) is 48.5 Å². The molecule has 0 spiro atoms. The van der Waals surface area contributed by atoms with Gasteiger partial charge in [-0.2, -0.15) is 5.26 Å². The molecule has 0 aromatic heterocycles. The minimum absolute atomic E-state index is 0.118. The van der Waals surface area contributed by atoms with E-state index in [0.29, 0.717) is 5.56 Å². The van der Waals surface area contributed by atoms with Crippen molar-refractivity contribution >= 4 is 5.91 Å². The molecule has 100 valence electrons. The lowest BCUT2D eigenvalue weighted by Crippen LogP contribution is -2.27. The van der Waals surface area contributed by atoms with Gasteiger partial charge in [0.05, 0.1) is 6.07 Å². The van der Waals surface area contributed by atoms with Gasteiger partial charge < -0.3 is 5.32 Å². The van der Waals surface area contributed by atoms with Crippen molar-refractivity contribution in [2.24, 2.45) is 0 Å². The maximum absolute atomic E-state index is 13.0. The molecule has 2 aromatic rings. The van der Waals surface area contributed by atoms with Crippen LogP contribution in [0.3, 0.4) is 0 Å². The molecule has 2 rings (SSSR count). The second kappa shape index (κ2) is 5.93. The van der Waals surface area contributed by atoms with E-state index in [1.54, 1.807) is 0 Å². The molecule has 0 saturated carbocycles. The Bertz CT molecular complexity index is 662. The summed E-state index contributed by atoms with van der Waals surface area (Å²) in [5.41, 5.74) is 0.575. The zero-order chi connectivity index (χ0) is 14.5. The number of carbonyl (C=O) groups is 1. The van der Waals surface area contributed by atoms with Crippen molar-refractivity contribution in [3.63, 3.8) is 0 Å². The minimum atomic E-state index is -0.925. The normalized spacial score (nSPS) is 11.4. The van der Waals surface area contributed by atoms with Gasteiger partial charge in [0.2, 0.25) is 0 Å². The number of rotatable bonds is 3. The molecule has 0 heterocycles. The first kappa shape index (κ1) is 13.7. The van der Waals surface area contributed by atoms with Crippen LogP contribution in [0.25, 0.3) is 0 Å². The van der Waals surface area contributed by atoms with E-state index >= 15 is 0 Å². The summed E-state index contributed by atoms with van der Waals surface area (Å²) in [6.07, 6.45) is 0. The predicted octanol–water partition coefficient (Wildman–Crippen LogP) is 2.96. The third-order valence-corrected chi connectivity index (χ3v) is 2.69. The molecule has 0 aliphatic heterocycles. The van der Waals surface area contributed by atoms with Gasteiger partial charge in [-0.05, 0) is 35.9 Å². The Kier molecular flexibility index (Phi) is 4.06. The molecule has 0 radical (unpaired) electrons. The predicted molar refractivity (Wildman–Crippen MR) is 68.6 cm³/mol. The molecule has 3 nitrogen and oxygen atoms in total. The van der Waals surface area contributed by atoms with E-state index in [2.05, 4.69) is 5.32 Å². The van der Waals surface area contributed by atoms with Crippen LogP contribution in [0.4, 0.5) is 8.78 Å². The highest BCUT2D eigenvalue weighted by Crippen LogP contribution is 2.14. The topological polar surface area (TPSA) is 52.9 Å². The number of hydrogen-bond donors (Lipinski definition) is 1. The molecule has 0 aliphatic carbocycles. The van der Waals surface area contributed by atoms with Crippen molar-refractivity contribution in [1.82, 2.24) is 5.32 Å². The van der Waals surface area contributed by atoms with E-state index < -0.39 is 23.6 Å². The molecule has 1 amide bonds. The van der Waals surface area contributed by atoms with Gasteiger partial charge in [0.15, 0.2) is 0 Å². The number of nitrogens with one attached hydrogen (secondary N) is 1. The number of nitrogens with zero attached hydrogens (tertiary/aromatic N) is 1. The first-order valence-electron chi connectivity index (χ1n) is 5.81. The highest BCUT2D eigenvalue weighted by atomic mass is 19.1. The number of halogens is 2. The summed E-state index contributed by atoms with van der Waals surface area (Å²) in [6.45, 7) is 0. The SMILES string of the molecule is N#CC(NC(=O)c1cccc(F)c1)c1ccc(F)cc1. The quantitative estimate of drug-likeness (QED) is 0.933. The molecule has 1 atom stereocenters. The van der Waals surface area contributed by atoms with Crippen molar-refractivity contribution in [3.05, 3.63) is 71.3 Å². The third kappa shape index (κ3) is 3.18. The zero-order valence-corrected chi connectivity index (χ0v) is 10.3. The van der Waals surface area contributed by atoms with Gasteiger partial charge in [-0.25, -0.2) is 8.78 Å². The number of nitriles is 1. The number of hydrogen-bond acceptors (Lipinski definition) is 2. The number of benzene rings is 2. The molecule has 5 heteroatoms. The summed E-state index contributed by atoms with van der Waals surface area (Å²) in [4.78, 5) is 11.9. The smallest absolute Gasteiger partial charge is 0.252 e. The summed E-state index contributed by atoms with van der Waals surface area (Å²) >= 11 is 0. The van der Waals surface area contributed by atoms with Crippen LogP contribution in [0.1, 0.15) is 22.0 Å². The largest absolute Gasteiger partial charge is 0.332 e. The van der Waals surface area contributed by atoms with E-state index in [1.165, 1.54) is 42.5 Å². The van der Waals surface area contributed by atoms with Crippen molar-refractivity contribution in [3.8, 4) is 6.07 Å². The number of amides is 1. The summed E-state index contributed by atoms with van der Waals surface area (Å²) in [6, 6.07) is 11.4. The fourth-order valence-corrected chi connectivity index (χ4v) is 1.69. The Morgan fingerprint density at radius 1 is 1.10 bits per heavy atom. The molecule has 1 unspecified atom stereocenters. The standard InChI is InChI=1S/C15H10F2N2O/c16-12-6-4-10(5-7-12)14(9-18)19-15(20)11-2-1-3-13(17)8-11/h1-8,14H,(H,19,20). The summed E-state index contributed by atoms with van der Waals surface area (Å²) < 4.78 is 25.8. The molecule has 0 aliphatic rings. The minimum Gasteiger partial charge on any atom is -0.332 e. The van der Waals surface area contributed by atoms with Crippen LogP contribution in [0.2, 0.25) is 0 Å². The van der Waals surface area contributed by atoms with E-state index in [-0.39, 0.29) is 5.56 Å². The summed E-state index contributed by atoms with van der Waals surface area (Å²) in [7, 11) is 0. The maximum Gasteiger partial charge on any atom is 0.252 e. The molecule has 2 aromatic carbocycles. The van der Waals surface area contributed by atoms with Gasteiger partial charge in [0, 0.05) is 5.56 Å². The van der Waals surface area contributed by atoms with Crippen LogP contribution in [0, 0.1) is 23.0 Å². The lowest BCUT2D eigenvalue weighted by Gasteiger charge is -2.12. The van der Waals surface area contributed by atoms with Crippen molar-refractivity contribution in [1.29, 1.82) is 5.26 Å². The second-order valence-electron chi connectivity index (χ2n) is 4.10. The van der Waals surface area contributed by atoms with Crippen LogP contribution < -0.4 is 5.32 Å². The van der Waals surface area contributed by atoms with E-state index in [9.17, 15) is 13.6 Å². The molecule has 0 saturated heterocycles. The van der Waals surface area contributed by atoms with Crippen LogP contribution in [-0.2, 0) is 0 Å². The lowest BCUT2D eigenvalue weighted by atomic mass is 10.1. The Morgan fingerprint density at radius 2 is 1.80 bits per heavy atom. The highest BCUT2D eigenvalue weighted by Gasteiger charge is 2.15. The molecule has 20 heavy (non-hydrogen) atoms. The molecule has 1 N–H and O–H groups in total. The van der Waals surface area contributed by atoms with E-state index in [0.717, 1.165) is 6.07 Å². The average Bonchev–Trinajstić information content (AvgIpc) is 2.45. The second-order valence-corrected chi connectivity index (χ2v) is 4.10. The monoisotopic (exact) mass is 272 g/mol. The highest BCUT2D eigenvalue weighted by molar-refractivity contribution is 5.94. The Hall–Kier alpha value is -2.74. The van der Waals surface area contributed by atoms with Crippen LogP contribution in [-0.4, -0.2) is 5.91 Å². The van der Waals surface area contributed by atoms with Gasteiger partial charge in [-0.15, -0.1) is 0 Å². The Balaban J connectivity index is 2.17. The molecular weight excluding hydrogens is 262 g/mol. The Morgan fingerprint density at radius 3 is 2.40 bits per heavy atom. The van der Waals surface area contributed by atoms with Gasteiger partial charge in [-0.3, -0.25) is 4.79 Å². The van der Waals surface area contributed by atoms with Gasteiger partial charge >= 0.3 is 0 Å². The fourth-order valence-electron chi connectivity index (χ4n) is 1.69. The maximum atomic E-state index is 13.0. The van der Waals surface area contributed by atoms with Crippen LogP contribution in [0.5, 0.6) is 0 Å². The van der Waals surface area contributed by atoms with E-state index in [1.807, 2.05) is 6.07 Å². The van der Waals surface area contributed by atoms with Crippen molar-refractivity contribution in [2.75, 3.05) is 0 Å². The molecule has 0 fully saturated rings. The molecule has 0 bridgehead atoms. The number of carbonyl (C=O) groups excluding carboxylic acids is 1. The summed E-state index contributed by atoms with van der Waals surface area (Å²) in [5.74, 6) is -1.53. The first-order valence-corrected chi connectivity index (χ1v) is 5.81. The fraction of sp³-hybridized carbons (Fsp3) is 0.0667. The Labute approximate surface area is 114 Å².